The number of hydrogen-bond donors (Lipinski definition) is 0. The van der Waals surface area contributed by atoms with Gasteiger partial charge in [-0.3, -0.25) is 4.79 Å². The van der Waals surface area contributed by atoms with E-state index in [9.17, 15) is 9.28 Å². The van der Waals surface area contributed by atoms with E-state index in [1.54, 1.807) is 25.1 Å². The van der Waals surface area contributed by atoms with E-state index in [0.717, 1.165) is 11.8 Å². The van der Waals surface area contributed by atoms with Gasteiger partial charge < -0.3 is 0 Å². The molecule has 0 aliphatic rings. The predicted octanol–water partition coefficient (Wildman–Crippen LogP) is 2.04. The summed E-state index contributed by atoms with van der Waals surface area (Å²) < 4.78 is 13.1. The highest BCUT2D eigenvalue weighted by Gasteiger charge is 2.03. The van der Waals surface area contributed by atoms with E-state index in [0.29, 0.717) is 15.7 Å². The Morgan fingerprint density at radius 2 is 2.08 bits per heavy atom. The molecule has 13 heavy (non-hydrogen) atoms. The Morgan fingerprint density at radius 1 is 1.31 bits per heavy atom. The summed E-state index contributed by atoms with van der Waals surface area (Å²) in [7, 11) is 0. The van der Waals surface area contributed by atoms with Crippen molar-refractivity contribution in [3.63, 3.8) is 0 Å². The van der Waals surface area contributed by atoms with Gasteiger partial charge in [0.25, 0.3) is 0 Å². The summed E-state index contributed by atoms with van der Waals surface area (Å²) in [6.07, 6.45) is 1.13. The Morgan fingerprint density at radius 3 is 2.77 bits per heavy atom. The monoisotopic (exact) mass is 177 g/mol. The molecular formula is C10H8FNO. The number of fused-ring (bicyclic) bond motifs is 1. The third-order valence-corrected chi connectivity index (χ3v) is 2.08. The molecule has 1 aromatic heterocycles. The normalized spacial score (nSPS) is 10.6. The van der Waals surface area contributed by atoms with Crippen LogP contribution in [-0.2, 0) is 0 Å². The second-order valence-electron chi connectivity index (χ2n) is 2.96. The minimum atomic E-state index is -0.137. The van der Waals surface area contributed by atoms with Crippen molar-refractivity contribution in [2.75, 3.05) is 0 Å². The van der Waals surface area contributed by atoms with Gasteiger partial charge >= 0.3 is 0 Å². The van der Waals surface area contributed by atoms with Crippen LogP contribution in [0.3, 0.4) is 0 Å². The van der Waals surface area contributed by atoms with Gasteiger partial charge in [0, 0.05) is 12.3 Å². The van der Waals surface area contributed by atoms with Crippen LogP contribution in [0, 0.1) is 6.92 Å². The van der Waals surface area contributed by atoms with Crippen molar-refractivity contribution in [1.29, 1.82) is 0 Å². The molecule has 1 aromatic carbocycles. The van der Waals surface area contributed by atoms with E-state index >= 15 is 0 Å². The fraction of sp³-hybridized carbons (Fsp3) is 0.100. The molecule has 1 heterocycles. The number of halogens is 1. The molecule has 0 atom stereocenters. The highest BCUT2D eigenvalue weighted by molar-refractivity contribution is 5.81. The first kappa shape index (κ1) is 7.98. The lowest BCUT2D eigenvalue weighted by molar-refractivity contribution is 0.384. The molecule has 2 rings (SSSR count). The van der Waals surface area contributed by atoms with Crippen LogP contribution in [-0.4, -0.2) is 4.79 Å². The average Bonchev–Trinajstić information content (AvgIpc) is 2.12. The third kappa shape index (κ3) is 1.13. The van der Waals surface area contributed by atoms with Crippen LogP contribution < -0.4 is 5.43 Å². The molecule has 2 nitrogen and oxygen atoms in total. The average molecular weight is 177 g/mol. The summed E-state index contributed by atoms with van der Waals surface area (Å²) in [6, 6.07) is 6.34. The Balaban J connectivity index is 3.09. The van der Waals surface area contributed by atoms with E-state index < -0.39 is 0 Å². The first-order valence-electron chi connectivity index (χ1n) is 3.97. The molecule has 0 unspecified atom stereocenters. The maximum atomic E-state index is 13.1. The molecule has 0 aliphatic carbocycles. The Bertz CT molecular complexity index is 516. The van der Waals surface area contributed by atoms with Crippen LogP contribution in [0.5, 0.6) is 0 Å². The minimum absolute atomic E-state index is 0.137. The Labute approximate surface area is 74.2 Å². The van der Waals surface area contributed by atoms with Crippen LogP contribution in [0.25, 0.3) is 10.9 Å². The minimum Gasteiger partial charge on any atom is -0.289 e. The van der Waals surface area contributed by atoms with Gasteiger partial charge in [0.2, 0.25) is 0 Å². The van der Waals surface area contributed by atoms with Crippen molar-refractivity contribution in [2.45, 2.75) is 6.92 Å². The molecule has 0 bridgehead atoms. The molecule has 0 aliphatic heterocycles. The predicted molar refractivity (Wildman–Crippen MR) is 49.5 cm³/mol. The topological polar surface area (TPSA) is 22.0 Å². The molecule has 0 radical (unpaired) electrons. The van der Waals surface area contributed by atoms with E-state index in [1.807, 2.05) is 0 Å². The summed E-state index contributed by atoms with van der Waals surface area (Å²) in [5.41, 5.74) is 0.990. The fourth-order valence-electron chi connectivity index (χ4n) is 1.45. The van der Waals surface area contributed by atoms with E-state index in [-0.39, 0.29) is 5.43 Å². The van der Waals surface area contributed by atoms with Gasteiger partial charge in [-0.2, -0.15) is 4.79 Å². The molecule has 0 fully saturated rings. The number of aryl methyl sites for hydroxylation is 1. The van der Waals surface area contributed by atoms with Crippen molar-refractivity contribution < 1.29 is 4.48 Å². The Kier molecular flexibility index (Phi) is 1.65. The smallest absolute Gasteiger partial charge is 0.189 e. The molecule has 0 saturated carbocycles. The lowest BCUT2D eigenvalue weighted by Crippen LogP contribution is -2.04. The lowest BCUT2D eigenvalue weighted by Gasteiger charge is -2.02. The maximum Gasteiger partial charge on any atom is 0.189 e. The van der Waals surface area contributed by atoms with Gasteiger partial charge in [-0.15, -0.1) is 0 Å². The summed E-state index contributed by atoms with van der Waals surface area (Å²) in [5, 5.41) is 0.451. The van der Waals surface area contributed by atoms with Crippen molar-refractivity contribution >= 4 is 10.9 Å². The van der Waals surface area contributed by atoms with Gasteiger partial charge in [-0.1, -0.05) is 16.6 Å². The highest BCUT2D eigenvalue weighted by atomic mass is 19.2. The van der Waals surface area contributed by atoms with Crippen LogP contribution in [0.1, 0.15) is 5.56 Å². The summed E-state index contributed by atoms with van der Waals surface area (Å²) >= 11 is 0. The van der Waals surface area contributed by atoms with E-state index in [1.165, 1.54) is 6.07 Å². The molecule has 2 aromatic rings. The molecule has 3 heteroatoms. The van der Waals surface area contributed by atoms with E-state index in [2.05, 4.69) is 0 Å². The number of aromatic nitrogens is 1. The SMILES string of the molecule is Cc1cccc2c1c(=O)ccn2F. The van der Waals surface area contributed by atoms with Crippen molar-refractivity contribution in [3.8, 4) is 0 Å². The molecule has 0 saturated heterocycles. The number of benzene rings is 1. The molecule has 0 N–H and O–H groups in total. The van der Waals surface area contributed by atoms with Crippen LogP contribution >= 0.6 is 0 Å². The molecule has 0 amide bonds. The van der Waals surface area contributed by atoms with Gasteiger partial charge in [0.15, 0.2) is 5.43 Å². The zero-order valence-electron chi connectivity index (χ0n) is 7.12. The quantitative estimate of drug-likeness (QED) is 0.603. The van der Waals surface area contributed by atoms with Gasteiger partial charge in [-0.05, 0) is 18.6 Å². The fourth-order valence-corrected chi connectivity index (χ4v) is 1.45. The van der Waals surface area contributed by atoms with Crippen LogP contribution in [0.4, 0.5) is 4.48 Å². The molecule has 0 spiro atoms. The largest absolute Gasteiger partial charge is 0.289 e. The summed E-state index contributed by atoms with van der Waals surface area (Å²) in [4.78, 5) is 11.8. The number of pyridine rings is 1. The Hall–Kier alpha value is -1.64. The summed E-state index contributed by atoms with van der Waals surface area (Å²) in [5.74, 6) is 0. The van der Waals surface area contributed by atoms with Crippen LogP contribution in [0.15, 0.2) is 35.3 Å². The van der Waals surface area contributed by atoms with Gasteiger partial charge in [0.05, 0.1) is 10.9 Å². The number of rotatable bonds is 0. The molecular weight excluding hydrogens is 169 g/mol. The first-order valence-corrected chi connectivity index (χ1v) is 3.97. The van der Waals surface area contributed by atoms with Crippen molar-refractivity contribution in [2.24, 2.45) is 0 Å². The maximum absolute atomic E-state index is 13.1. The summed E-state index contributed by atoms with van der Waals surface area (Å²) in [6.45, 7) is 1.80. The second-order valence-corrected chi connectivity index (χ2v) is 2.96. The number of hydrogen-bond acceptors (Lipinski definition) is 1. The zero-order valence-corrected chi connectivity index (χ0v) is 7.12. The van der Waals surface area contributed by atoms with Crippen molar-refractivity contribution in [3.05, 3.63) is 46.2 Å². The van der Waals surface area contributed by atoms with E-state index in [4.69, 9.17) is 0 Å². The lowest BCUT2D eigenvalue weighted by atomic mass is 10.1. The number of nitrogens with zero attached hydrogens (tertiary/aromatic N) is 1. The van der Waals surface area contributed by atoms with Gasteiger partial charge in [-0.25, -0.2) is 0 Å². The van der Waals surface area contributed by atoms with Crippen molar-refractivity contribution in [1.82, 2.24) is 4.79 Å². The molecule has 66 valence electrons. The van der Waals surface area contributed by atoms with Gasteiger partial charge in [0.1, 0.15) is 0 Å². The standard InChI is InChI=1S/C10H8FNO/c1-7-3-2-4-8-10(7)9(13)5-6-12(8)11/h2-6H,1H3. The third-order valence-electron chi connectivity index (χ3n) is 2.08. The highest BCUT2D eigenvalue weighted by Crippen LogP contribution is 2.13. The first-order chi connectivity index (χ1) is 6.20. The second kappa shape index (κ2) is 2.69. The zero-order chi connectivity index (χ0) is 9.42. The van der Waals surface area contributed by atoms with Crippen LogP contribution in [0.2, 0.25) is 0 Å².